The summed E-state index contributed by atoms with van der Waals surface area (Å²) in [5.41, 5.74) is 8.95. The molecule has 0 spiro atoms. The van der Waals surface area contributed by atoms with Crippen LogP contribution in [0.2, 0.25) is 0 Å². The van der Waals surface area contributed by atoms with Crippen molar-refractivity contribution < 1.29 is 24.9 Å². The molecule has 1 aliphatic heterocycles. The molecule has 0 bridgehead atoms. The first-order valence-corrected chi connectivity index (χ1v) is 16.0. The van der Waals surface area contributed by atoms with Gasteiger partial charge in [0.05, 0.1) is 0 Å². The van der Waals surface area contributed by atoms with Crippen LogP contribution in [0.4, 0.5) is 5.69 Å². The van der Waals surface area contributed by atoms with Crippen molar-refractivity contribution in [3.05, 3.63) is 45.4 Å². The molecule has 1 saturated carbocycles. The maximum atomic E-state index is 14.3. The van der Waals surface area contributed by atoms with E-state index in [-0.39, 0.29) is 45.4 Å². The van der Waals surface area contributed by atoms with Gasteiger partial charge in [0, 0.05) is 0 Å². The molecule has 2 fully saturated rings. The Balaban J connectivity index is 1.44. The van der Waals surface area contributed by atoms with Crippen molar-refractivity contribution in [1.82, 2.24) is 9.80 Å². The first-order valence-electron chi connectivity index (χ1n) is 15.4. The minimum absolute atomic E-state index is 0.0695. The van der Waals surface area contributed by atoms with Crippen LogP contribution in [-0.4, -0.2) is 102 Å². The van der Waals surface area contributed by atoms with E-state index < -0.39 is 28.8 Å². The number of likely N-dealkylation sites (N-methyl/N-ethyl adjacent to an activating group) is 1. The summed E-state index contributed by atoms with van der Waals surface area (Å²) in [5, 5.41) is 33.3. The van der Waals surface area contributed by atoms with E-state index in [4.69, 9.17) is 5.73 Å². The van der Waals surface area contributed by atoms with Gasteiger partial charge in [-0.1, -0.05) is 12.8 Å². The molecule has 1 aromatic carbocycles. The van der Waals surface area contributed by atoms with Crippen LogP contribution in [0.15, 0.2) is 28.7 Å². The molecule has 5 N–H and O–H groups in total. The van der Waals surface area contributed by atoms with E-state index in [0.29, 0.717) is 19.4 Å². The van der Waals surface area contributed by atoms with Gasteiger partial charge in [-0.2, -0.15) is 0 Å². The number of ketones is 1. The van der Waals surface area contributed by atoms with Gasteiger partial charge in [-0.15, -0.1) is 0 Å². The summed E-state index contributed by atoms with van der Waals surface area (Å²) in [6.07, 6.45) is 6.10. The zero-order chi connectivity index (χ0) is 31.1. The monoisotopic (exact) mass is 606 g/mol. The number of phenolic OH excluding ortho intramolecular Hbond substituents is 1. The predicted octanol–water partition coefficient (Wildman–Crippen LogP) is 2.20. The first-order chi connectivity index (χ1) is 20.3. The van der Waals surface area contributed by atoms with Gasteiger partial charge in [-0.05, 0) is 24.7 Å². The molecule has 0 aromatic heterocycles. The molecular formula is C32H44BN4O5P. The number of hydrogen-bond acceptors (Lipinski definition) is 8. The number of amides is 1. The molecule has 4 aliphatic carbocycles. The molecule has 5 aliphatic rings. The molecule has 1 saturated heterocycles. The van der Waals surface area contributed by atoms with Gasteiger partial charge < -0.3 is 0 Å². The van der Waals surface area contributed by atoms with Gasteiger partial charge in [-0.3, -0.25) is 0 Å². The summed E-state index contributed by atoms with van der Waals surface area (Å²) in [4.78, 5) is 33.1. The van der Waals surface area contributed by atoms with Crippen LogP contribution in [0, 0.1) is 23.7 Å². The van der Waals surface area contributed by atoms with E-state index in [1.165, 1.54) is 25.7 Å². The number of aromatic hydroxyl groups is 1. The second-order valence-corrected chi connectivity index (χ2v) is 14.8. The Kier molecular flexibility index (Phi) is 7.58. The fourth-order valence-corrected chi connectivity index (χ4v) is 9.78. The first kappa shape index (κ1) is 30.4. The Labute approximate surface area is 257 Å². The number of fused-ring (bicyclic) bond motifs is 4. The standard InChI is InChI=1S/C32H44BN4O5P/c1-35(2)25-18(14-37-12-15-7-5-6-8-16(15)13-37)11-21(38)23-19(25)9-17-10-20-26(36(3)4)28(40)24(31(34)42)29(33)32(20,43)30(41)22(17)27(23)39/h11,15-17,20,26,33,38,40-41H,5-10,12-14,43H2,1-4H3,(H2,34,42)/t15?,16?,17-,20-,26-,32+/m0/s1. The number of benzene rings is 1. The van der Waals surface area contributed by atoms with Crippen LogP contribution in [0.3, 0.4) is 0 Å². The molecule has 230 valence electrons. The summed E-state index contributed by atoms with van der Waals surface area (Å²) in [5.74, 6) is -0.936. The van der Waals surface area contributed by atoms with Gasteiger partial charge in [0.25, 0.3) is 0 Å². The van der Waals surface area contributed by atoms with Crippen molar-refractivity contribution in [3.63, 3.8) is 0 Å². The number of nitrogens with two attached hydrogens (primary N) is 1. The molecule has 7 atom stereocenters. The van der Waals surface area contributed by atoms with Crippen molar-refractivity contribution in [2.45, 2.75) is 56.3 Å². The number of aliphatic hydroxyl groups is 2. The number of allylic oxidation sites excluding steroid dienone is 2. The summed E-state index contributed by atoms with van der Waals surface area (Å²) in [7, 11) is 14.3. The number of carbonyl (C=O) groups is 2. The molecule has 0 radical (unpaired) electrons. The third-order valence-corrected chi connectivity index (χ3v) is 12.0. The summed E-state index contributed by atoms with van der Waals surface area (Å²) >= 11 is 0. The van der Waals surface area contributed by atoms with Crippen LogP contribution in [0.5, 0.6) is 5.75 Å². The van der Waals surface area contributed by atoms with Crippen LogP contribution in [0.25, 0.3) is 0 Å². The Morgan fingerprint density at radius 1 is 1.14 bits per heavy atom. The number of rotatable bonds is 5. The number of phenols is 1. The Hall–Kier alpha value is -2.68. The van der Waals surface area contributed by atoms with E-state index in [9.17, 15) is 24.9 Å². The fourth-order valence-electron chi connectivity index (χ4n) is 9.16. The van der Waals surface area contributed by atoms with E-state index in [0.717, 1.165) is 41.7 Å². The van der Waals surface area contributed by atoms with Crippen molar-refractivity contribution >= 4 is 39.6 Å². The number of carbonyl (C=O) groups excluding carboxylic acids is 2. The average molecular weight is 607 g/mol. The maximum absolute atomic E-state index is 14.3. The topological polar surface area (TPSA) is 131 Å². The molecule has 43 heavy (non-hydrogen) atoms. The quantitative estimate of drug-likeness (QED) is 0.297. The Morgan fingerprint density at radius 3 is 2.33 bits per heavy atom. The van der Waals surface area contributed by atoms with Crippen LogP contribution < -0.4 is 10.6 Å². The zero-order valence-corrected chi connectivity index (χ0v) is 26.8. The average Bonchev–Trinajstić information content (AvgIpc) is 3.32. The fraction of sp³-hybridized carbons (Fsp3) is 0.594. The van der Waals surface area contributed by atoms with Crippen molar-refractivity contribution in [3.8, 4) is 5.75 Å². The number of primary amides is 1. The molecule has 1 heterocycles. The van der Waals surface area contributed by atoms with Crippen molar-refractivity contribution in [2.75, 3.05) is 46.2 Å². The molecule has 6 rings (SSSR count). The van der Waals surface area contributed by atoms with Crippen molar-refractivity contribution in [2.24, 2.45) is 29.4 Å². The number of aliphatic hydroxyl groups excluding tert-OH is 2. The second kappa shape index (κ2) is 10.7. The minimum atomic E-state index is -1.28. The van der Waals surface area contributed by atoms with Gasteiger partial charge in [0.2, 0.25) is 0 Å². The van der Waals surface area contributed by atoms with Crippen molar-refractivity contribution in [1.29, 1.82) is 0 Å². The molecule has 1 aromatic rings. The van der Waals surface area contributed by atoms with Gasteiger partial charge >= 0.3 is 220 Å². The number of likely N-dealkylation sites (tertiary alicyclic amines) is 1. The predicted molar refractivity (Wildman–Crippen MR) is 173 cm³/mol. The summed E-state index contributed by atoms with van der Waals surface area (Å²) < 4.78 is 0. The zero-order valence-electron chi connectivity index (χ0n) is 25.7. The molecule has 3 unspecified atom stereocenters. The number of nitrogens with zero attached hydrogens (tertiary/aromatic N) is 3. The molecule has 11 heteroatoms. The third-order valence-electron chi connectivity index (χ3n) is 11.0. The van der Waals surface area contributed by atoms with Crippen LogP contribution >= 0.6 is 9.24 Å². The van der Waals surface area contributed by atoms with Gasteiger partial charge in [0.1, 0.15) is 0 Å². The SMILES string of the molecule is B=C1C(C(N)=O)=C(O)[C@@H](N(C)C)[C@@H]2C[C@@H]3Cc4c(c(O)cc(CN5CC6CCCCC6C5)c4N(C)C)C(=O)C3=C(O)[C@]12P. The van der Waals surface area contributed by atoms with Crippen LogP contribution in [-0.2, 0) is 17.8 Å². The normalized spacial score (nSPS) is 32.4. The second-order valence-electron chi connectivity index (χ2n) is 13.9. The van der Waals surface area contributed by atoms with E-state index in [1.54, 1.807) is 20.2 Å². The number of anilines is 1. The number of hydrogen-bond donors (Lipinski definition) is 4. The molecular weight excluding hydrogens is 562 g/mol. The van der Waals surface area contributed by atoms with Gasteiger partial charge in [-0.25, -0.2) is 0 Å². The number of Topliss-reactive ketones (excluding diaryl/α,β-unsaturated/α-hetero) is 1. The Morgan fingerprint density at radius 2 is 1.77 bits per heavy atom. The molecule has 9 nitrogen and oxygen atoms in total. The van der Waals surface area contributed by atoms with Gasteiger partial charge in [0.15, 0.2) is 0 Å². The summed E-state index contributed by atoms with van der Waals surface area (Å²) in [6, 6.07) is 1.11. The van der Waals surface area contributed by atoms with Crippen LogP contribution in [0.1, 0.15) is 53.6 Å². The van der Waals surface area contributed by atoms with E-state index >= 15 is 0 Å². The van der Waals surface area contributed by atoms with E-state index in [1.807, 2.05) is 23.9 Å². The Bertz CT molecular complexity index is 1470. The molecule has 1 amide bonds. The van der Waals surface area contributed by atoms with E-state index in [2.05, 4.69) is 21.6 Å². The third kappa shape index (κ3) is 4.50. The summed E-state index contributed by atoms with van der Waals surface area (Å²) in [6.45, 7) is 2.84.